The minimum atomic E-state index is -0.274. The summed E-state index contributed by atoms with van der Waals surface area (Å²) < 4.78 is 0. The quantitative estimate of drug-likeness (QED) is 0.484. The fraction of sp³-hybridized carbons (Fsp3) is 0.125. The van der Waals surface area contributed by atoms with Crippen LogP contribution >= 0.6 is 35.0 Å². The number of carbonyl (C=O) groups is 1. The van der Waals surface area contributed by atoms with E-state index in [1.807, 2.05) is 37.3 Å². The van der Waals surface area contributed by atoms with E-state index in [0.29, 0.717) is 10.0 Å². The molecule has 0 aromatic heterocycles. The summed E-state index contributed by atoms with van der Waals surface area (Å²) >= 11 is 13.3. The SMILES string of the molecule is C[C@H](Sc1ccc(Cl)cc1)C(=O)N/N=C\c1ccccc1Cl. The number of hydrogen-bond donors (Lipinski definition) is 1. The number of benzene rings is 2. The van der Waals surface area contributed by atoms with Crippen LogP contribution in [0.2, 0.25) is 10.0 Å². The van der Waals surface area contributed by atoms with Gasteiger partial charge in [-0.2, -0.15) is 5.10 Å². The Morgan fingerprint density at radius 2 is 1.86 bits per heavy atom. The van der Waals surface area contributed by atoms with Gasteiger partial charge in [-0.3, -0.25) is 4.79 Å². The molecule has 3 nitrogen and oxygen atoms in total. The molecule has 0 spiro atoms. The van der Waals surface area contributed by atoms with Crippen molar-refractivity contribution in [1.29, 1.82) is 0 Å². The number of thioether (sulfide) groups is 1. The monoisotopic (exact) mass is 352 g/mol. The van der Waals surface area contributed by atoms with Gasteiger partial charge in [0.05, 0.1) is 11.5 Å². The Hall–Kier alpha value is -1.49. The smallest absolute Gasteiger partial charge is 0.253 e. The second-order valence-corrected chi connectivity index (χ2v) is 6.73. The molecular formula is C16H14Cl2N2OS. The maximum atomic E-state index is 12.0. The van der Waals surface area contributed by atoms with Gasteiger partial charge in [-0.1, -0.05) is 41.4 Å². The zero-order valence-corrected chi connectivity index (χ0v) is 14.1. The van der Waals surface area contributed by atoms with Crippen LogP contribution < -0.4 is 5.43 Å². The Morgan fingerprint density at radius 3 is 2.55 bits per heavy atom. The van der Waals surface area contributed by atoms with E-state index >= 15 is 0 Å². The van der Waals surface area contributed by atoms with Crippen molar-refractivity contribution in [3.05, 3.63) is 64.1 Å². The number of nitrogens with one attached hydrogen (secondary N) is 1. The van der Waals surface area contributed by atoms with Crippen molar-refractivity contribution in [2.45, 2.75) is 17.1 Å². The summed E-state index contributed by atoms with van der Waals surface area (Å²) in [6, 6.07) is 14.6. The molecule has 0 unspecified atom stereocenters. The normalized spacial score (nSPS) is 12.3. The van der Waals surface area contributed by atoms with Crippen LogP contribution in [0.1, 0.15) is 12.5 Å². The average molecular weight is 353 g/mol. The zero-order valence-electron chi connectivity index (χ0n) is 11.8. The Kier molecular flexibility index (Phi) is 6.31. The molecule has 1 N–H and O–H groups in total. The first-order chi connectivity index (χ1) is 10.6. The predicted molar refractivity (Wildman–Crippen MR) is 94.0 cm³/mol. The van der Waals surface area contributed by atoms with E-state index < -0.39 is 0 Å². The van der Waals surface area contributed by atoms with Gasteiger partial charge in [0.15, 0.2) is 0 Å². The van der Waals surface area contributed by atoms with E-state index in [1.54, 1.807) is 18.2 Å². The van der Waals surface area contributed by atoms with Gasteiger partial charge < -0.3 is 0 Å². The number of amides is 1. The highest BCUT2D eigenvalue weighted by Crippen LogP contribution is 2.24. The van der Waals surface area contributed by atoms with Crippen LogP contribution in [0.5, 0.6) is 0 Å². The molecule has 0 aliphatic heterocycles. The zero-order chi connectivity index (χ0) is 15.9. The first-order valence-electron chi connectivity index (χ1n) is 6.56. The Morgan fingerprint density at radius 1 is 1.18 bits per heavy atom. The molecule has 0 saturated heterocycles. The molecule has 0 radical (unpaired) electrons. The van der Waals surface area contributed by atoms with E-state index in [-0.39, 0.29) is 11.2 Å². The molecule has 2 aromatic carbocycles. The van der Waals surface area contributed by atoms with Crippen LogP contribution in [0.25, 0.3) is 0 Å². The summed E-state index contributed by atoms with van der Waals surface area (Å²) in [6.07, 6.45) is 1.53. The fourth-order valence-electron chi connectivity index (χ4n) is 1.61. The van der Waals surface area contributed by atoms with Crippen molar-refractivity contribution in [3.8, 4) is 0 Å². The summed E-state index contributed by atoms with van der Waals surface area (Å²) in [6.45, 7) is 1.82. The maximum absolute atomic E-state index is 12.0. The van der Waals surface area contributed by atoms with Gasteiger partial charge in [0.1, 0.15) is 0 Å². The summed E-state index contributed by atoms with van der Waals surface area (Å²) in [5.74, 6) is -0.178. The van der Waals surface area contributed by atoms with Crippen molar-refractivity contribution < 1.29 is 4.79 Å². The topological polar surface area (TPSA) is 41.5 Å². The number of hydrogen-bond acceptors (Lipinski definition) is 3. The van der Waals surface area contributed by atoms with E-state index in [2.05, 4.69) is 10.5 Å². The first-order valence-corrected chi connectivity index (χ1v) is 8.19. The van der Waals surface area contributed by atoms with Crippen molar-refractivity contribution in [3.63, 3.8) is 0 Å². The predicted octanol–water partition coefficient (Wildman–Crippen LogP) is 4.62. The minimum absolute atomic E-state index is 0.178. The van der Waals surface area contributed by atoms with Crippen LogP contribution in [-0.2, 0) is 4.79 Å². The minimum Gasteiger partial charge on any atom is -0.272 e. The van der Waals surface area contributed by atoms with Gasteiger partial charge in [-0.15, -0.1) is 11.8 Å². The highest BCUT2D eigenvalue weighted by Gasteiger charge is 2.13. The Balaban J connectivity index is 1.89. The molecule has 2 aromatic rings. The highest BCUT2D eigenvalue weighted by atomic mass is 35.5. The highest BCUT2D eigenvalue weighted by molar-refractivity contribution is 8.00. The summed E-state index contributed by atoms with van der Waals surface area (Å²) in [5.41, 5.74) is 3.27. The van der Waals surface area contributed by atoms with Crippen molar-refractivity contribution >= 4 is 47.1 Å². The molecule has 0 bridgehead atoms. The van der Waals surface area contributed by atoms with Gasteiger partial charge in [0, 0.05) is 20.5 Å². The average Bonchev–Trinajstić information content (AvgIpc) is 2.51. The third kappa shape index (κ3) is 5.05. The molecule has 2 rings (SSSR count). The van der Waals surface area contributed by atoms with Gasteiger partial charge in [-0.05, 0) is 37.3 Å². The van der Waals surface area contributed by atoms with Gasteiger partial charge in [-0.25, -0.2) is 5.43 Å². The van der Waals surface area contributed by atoms with Gasteiger partial charge >= 0.3 is 0 Å². The molecule has 0 fully saturated rings. The van der Waals surface area contributed by atoms with Crippen molar-refractivity contribution in [2.24, 2.45) is 5.10 Å². The largest absolute Gasteiger partial charge is 0.272 e. The second-order valence-electron chi connectivity index (χ2n) is 4.47. The Bertz CT molecular complexity index is 674. The number of hydrazone groups is 1. The molecule has 114 valence electrons. The fourth-order valence-corrected chi connectivity index (χ4v) is 2.78. The molecule has 0 aliphatic carbocycles. The van der Waals surface area contributed by atoms with Crippen LogP contribution in [0.3, 0.4) is 0 Å². The summed E-state index contributed by atoms with van der Waals surface area (Å²) in [4.78, 5) is 13.0. The number of rotatable bonds is 5. The molecule has 1 atom stereocenters. The van der Waals surface area contributed by atoms with Gasteiger partial charge in [0.25, 0.3) is 5.91 Å². The summed E-state index contributed by atoms with van der Waals surface area (Å²) in [7, 11) is 0. The lowest BCUT2D eigenvalue weighted by atomic mass is 10.2. The molecule has 22 heavy (non-hydrogen) atoms. The molecule has 0 heterocycles. The number of halogens is 2. The molecule has 1 amide bonds. The molecule has 6 heteroatoms. The van der Waals surface area contributed by atoms with Crippen LogP contribution in [0.4, 0.5) is 0 Å². The summed E-state index contributed by atoms with van der Waals surface area (Å²) in [5, 5.41) is 4.92. The second kappa shape index (κ2) is 8.22. The lowest BCUT2D eigenvalue weighted by Crippen LogP contribution is -2.26. The molecule has 0 aliphatic rings. The van der Waals surface area contributed by atoms with Gasteiger partial charge in [0.2, 0.25) is 0 Å². The van der Waals surface area contributed by atoms with Crippen molar-refractivity contribution in [1.82, 2.24) is 5.43 Å². The van der Waals surface area contributed by atoms with E-state index in [9.17, 15) is 4.79 Å². The molecule has 0 saturated carbocycles. The van der Waals surface area contributed by atoms with E-state index in [0.717, 1.165) is 10.5 Å². The lowest BCUT2D eigenvalue weighted by Gasteiger charge is -2.09. The van der Waals surface area contributed by atoms with Crippen LogP contribution in [-0.4, -0.2) is 17.4 Å². The number of nitrogens with zero attached hydrogens (tertiary/aromatic N) is 1. The van der Waals surface area contributed by atoms with Crippen molar-refractivity contribution in [2.75, 3.05) is 0 Å². The maximum Gasteiger partial charge on any atom is 0.253 e. The van der Waals surface area contributed by atoms with E-state index in [4.69, 9.17) is 23.2 Å². The molecular weight excluding hydrogens is 339 g/mol. The standard InChI is InChI=1S/C16H14Cl2N2OS/c1-11(22-14-8-6-13(17)7-9-14)16(21)20-19-10-12-4-2-3-5-15(12)18/h2-11H,1H3,(H,20,21)/b19-10-/t11-/m0/s1. The third-order valence-corrected chi connectivity index (χ3v) is 4.49. The van der Waals surface area contributed by atoms with Crippen LogP contribution in [0, 0.1) is 0 Å². The third-order valence-electron chi connectivity index (χ3n) is 2.78. The lowest BCUT2D eigenvalue weighted by molar-refractivity contribution is -0.120. The number of carbonyl (C=O) groups excluding carboxylic acids is 1. The van der Waals surface area contributed by atoms with E-state index in [1.165, 1.54) is 18.0 Å². The first kappa shape index (κ1) is 16.9. The Labute approximate surface area is 143 Å². The van der Waals surface area contributed by atoms with Crippen LogP contribution in [0.15, 0.2) is 58.5 Å².